The second-order valence-electron chi connectivity index (χ2n) is 10.8. The maximum atomic E-state index is 14.5. The molecule has 1 aromatic heterocycles. The maximum absolute atomic E-state index is 14.5. The predicted octanol–water partition coefficient (Wildman–Crippen LogP) is 1.19. The van der Waals surface area contributed by atoms with Crippen molar-refractivity contribution in [3.05, 3.63) is 44.5 Å². The highest BCUT2D eigenvalue weighted by molar-refractivity contribution is 6.38. The molecule has 0 saturated carbocycles. The lowest BCUT2D eigenvalue weighted by Gasteiger charge is -2.27. The molecule has 48 heavy (non-hydrogen) atoms. The van der Waals surface area contributed by atoms with E-state index in [9.17, 15) is 38.4 Å². The number of nitrogens with one attached hydrogen (secondary N) is 4. The number of aromatic nitrogens is 2. The summed E-state index contributed by atoms with van der Waals surface area (Å²) in [6.45, 7) is 8.92. The number of ether oxygens (including phenoxy) is 2. The Bertz CT molecular complexity index is 1580. The second-order valence-corrected chi connectivity index (χ2v) is 10.8. The number of ketones is 6. The van der Waals surface area contributed by atoms with E-state index in [1.165, 1.54) is 13.8 Å². The number of carbonyl (C=O) groups is 8. The lowest BCUT2D eigenvalue weighted by atomic mass is 9.73. The molecule has 0 fully saturated rings. The van der Waals surface area contributed by atoms with Crippen LogP contribution in [-0.4, -0.2) is 109 Å². The van der Waals surface area contributed by atoms with Crippen LogP contribution in [0.15, 0.2) is 0 Å². The maximum Gasteiger partial charge on any atom is 0.302 e. The number of anilines is 2. The molecule has 0 spiro atoms. The van der Waals surface area contributed by atoms with Gasteiger partial charge in [0.25, 0.3) is 0 Å². The topological polar surface area (TPSA) is 229 Å². The number of hydrogen-bond donors (Lipinski definition) is 4. The first-order valence-electron chi connectivity index (χ1n) is 15.1. The molecule has 0 atom stereocenters. The Kier molecular flexibility index (Phi) is 12.8. The second kappa shape index (κ2) is 16.6. The van der Waals surface area contributed by atoms with Crippen LogP contribution in [0.3, 0.4) is 0 Å². The molecule has 0 saturated heterocycles. The van der Waals surface area contributed by atoms with Crippen LogP contribution in [0.1, 0.15) is 115 Å². The van der Waals surface area contributed by atoms with E-state index in [2.05, 4.69) is 31.5 Å². The number of hydrogen-bond acceptors (Lipinski definition) is 16. The van der Waals surface area contributed by atoms with Gasteiger partial charge in [0.2, 0.25) is 0 Å². The Labute approximate surface area is 276 Å². The Hall–Kier alpha value is -5.22. The van der Waals surface area contributed by atoms with Gasteiger partial charge in [0.1, 0.15) is 13.2 Å². The first kappa shape index (κ1) is 37.2. The summed E-state index contributed by atoms with van der Waals surface area (Å²) in [5.41, 5.74) is -3.09. The fourth-order valence-corrected chi connectivity index (χ4v) is 5.31. The van der Waals surface area contributed by atoms with E-state index in [-0.39, 0.29) is 49.1 Å². The van der Waals surface area contributed by atoms with Crippen LogP contribution in [0, 0.1) is 0 Å². The Balaban J connectivity index is 2.14. The van der Waals surface area contributed by atoms with Crippen LogP contribution in [0.5, 0.6) is 0 Å². The summed E-state index contributed by atoms with van der Waals surface area (Å²) in [5, 5.41) is 20.3. The minimum Gasteiger partial charge on any atom is -0.465 e. The summed E-state index contributed by atoms with van der Waals surface area (Å²) in [6, 6.07) is 0. The standard InChI is InChI=1S/C32H38N6O10/c1-15(39)21-22(16(2)40)24(18(4)42)26-25(23(21)17(3)41)29(45)27-28(30(26)46)32(36-10-8-34-12-14-48-20(6)44)38-37-31(27)35-9-7-33-11-13-47-19(5)43/h33-34H,7-14H2,1-6H3,(H,35,37)(H,36,38). The van der Waals surface area contributed by atoms with E-state index in [0.717, 1.165) is 27.7 Å². The lowest BCUT2D eigenvalue weighted by molar-refractivity contribution is -0.141. The Morgan fingerprint density at radius 1 is 0.479 bits per heavy atom. The smallest absolute Gasteiger partial charge is 0.302 e. The third kappa shape index (κ3) is 8.38. The van der Waals surface area contributed by atoms with Gasteiger partial charge in [0, 0.05) is 86.5 Å². The predicted molar refractivity (Wildman–Crippen MR) is 171 cm³/mol. The van der Waals surface area contributed by atoms with Crippen molar-refractivity contribution in [1.29, 1.82) is 0 Å². The highest BCUT2D eigenvalue weighted by atomic mass is 16.5. The number of benzene rings is 1. The summed E-state index contributed by atoms with van der Waals surface area (Å²) in [5.74, 6) is -5.77. The van der Waals surface area contributed by atoms with Gasteiger partial charge in [0.15, 0.2) is 46.3 Å². The summed E-state index contributed by atoms with van der Waals surface area (Å²) >= 11 is 0. The summed E-state index contributed by atoms with van der Waals surface area (Å²) < 4.78 is 9.75. The summed E-state index contributed by atoms with van der Waals surface area (Å²) in [4.78, 5) is 103. The van der Waals surface area contributed by atoms with E-state index in [1.54, 1.807) is 0 Å². The Morgan fingerprint density at radius 2 is 0.812 bits per heavy atom. The fourth-order valence-electron chi connectivity index (χ4n) is 5.31. The van der Waals surface area contributed by atoms with Crippen molar-refractivity contribution in [1.82, 2.24) is 20.8 Å². The van der Waals surface area contributed by atoms with Crippen LogP contribution in [-0.2, 0) is 19.1 Å². The molecule has 1 aliphatic rings. The minimum absolute atomic E-state index is 0.0975. The molecule has 256 valence electrons. The van der Waals surface area contributed by atoms with E-state index >= 15 is 0 Å². The molecule has 16 heteroatoms. The molecule has 1 aromatic carbocycles. The van der Waals surface area contributed by atoms with Crippen molar-refractivity contribution in [2.24, 2.45) is 0 Å². The zero-order chi connectivity index (χ0) is 35.7. The van der Waals surface area contributed by atoms with Crippen molar-refractivity contribution >= 4 is 58.3 Å². The van der Waals surface area contributed by atoms with Gasteiger partial charge >= 0.3 is 11.9 Å². The van der Waals surface area contributed by atoms with Crippen molar-refractivity contribution in [2.75, 3.05) is 63.1 Å². The normalized spacial score (nSPS) is 11.7. The van der Waals surface area contributed by atoms with E-state index < -0.39 is 80.0 Å². The van der Waals surface area contributed by atoms with Crippen LogP contribution < -0.4 is 21.3 Å². The largest absolute Gasteiger partial charge is 0.465 e. The van der Waals surface area contributed by atoms with E-state index in [1.807, 2.05) is 0 Å². The quantitative estimate of drug-likeness (QED) is 0.0849. The molecule has 16 nitrogen and oxygen atoms in total. The van der Waals surface area contributed by atoms with Gasteiger partial charge in [-0.15, -0.1) is 10.2 Å². The number of carbonyl (C=O) groups excluding carboxylic acids is 8. The monoisotopic (exact) mass is 666 g/mol. The van der Waals surface area contributed by atoms with Crippen LogP contribution >= 0.6 is 0 Å². The average molecular weight is 667 g/mol. The summed E-state index contributed by atoms with van der Waals surface area (Å²) in [6.07, 6.45) is 0. The van der Waals surface area contributed by atoms with Crippen molar-refractivity contribution in [3.63, 3.8) is 0 Å². The van der Waals surface area contributed by atoms with Crippen LogP contribution in [0.25, 0.3) is 0 Å². The highest BCUT2D eigenvalue weighted by Crippen LogP contribution is 2.40. The highest BCUT2D eigenvalue weighted by Gasteiger charge is 2.43. The van der Waals surface area contributed by atoms with Crippen LogP contribution in [0.4, 0.5) is 11.6 Å². The average Bonchev–Trinajstić information content (AvgIpc) is 3.00. The first-order valence-corrected chi connectivity index (χ1v) is 15.1. The van der Waals surface area contributed by atoms with Gasteiger partial charge in [-0.2, -0.15) is 0 Å². The van der Waals surface area contributed by atoms with E-state index in [4.69, 9.17) is 9.47 Å². The van der Waals surface area contributed by atoms with Gasteiger partial charge in [-0.1, -0.05) is 0 Å². The third-order valence-corrected chi connectivity index (χ3v) is 7.15. The minimum atomic E-state index is -0.868. The molecule has 0 radical (unpaired) electrons. The van der Waals surface area contributed by atoms with Crippen molar-refractivity contribution in [3.8, 4) is 0 Å². The number of nitrogens with zero attached hydrogens (tertiary/aromatic N) is 2. The number of rotatable bonds is 18. The van der Waals surface area contributed by atoms with Crippen molar-refractivity contribution in [2.45, 2.75) is 41.5 Å². The van der Waals surface area contributed by atoms with Gasteiger partial charge in [-0.3, -0.25) is 38.4 Å². The molecule has 3 rings (SSSR count). The molecular weight excluding hydrogens is 628 g/mol. The van der Waals surface area contributed by atoms with Gasteiger partial charge in [0.05, 0.1) is 11.1 Å². The molecule has 2 aromatic rings. The molecule has 0 amide bonds. The Morgan fingerprint density at radius 3 is 1.10 bits per heavy atom. The molecule has 4 N–H and O–H groups in total. The van der Waals surface area contributed by atoms with Crippen molar-refractivity contribution < 1.29 is 47.8 Å². The van der Waals surface area contributed by atoms with Gasteiger partial charge in [-0.05, 0) is 27.7 Å². The number of Topliss-reactive ketones (excluding diaryl/α,β-unsaturated/α-hetero) is 4. The zero-order valence-electron chi connectivity index (χ0n) is 27.6. The number of esters is 2. The molecule has 0 unspecified atom stereocenters. The van der Waals surface area contributed by atoms with Gasteiger partial charge < -0.3 is 30.7 Å². The molecular formula is C32H38N6O10. The molecule has 0 aliphatic heterocycles. The lowest BCUT2D eigenvalue weighted by Crippen LogP contribution is -2.34. The first-order chi connectivity index (χ1) is 22.7. The fraction of sp³-hybridized carbons (Fsp3) is 0.438. The third-order valence-electron chi connectivity index (χ3n) is 7.15. The SMILES string of the molecule is CC(=O)OCCNCCNc1nnc(NCCNCCOC(C)=O)c2c1C(=O)c1c(C(C)=O)c(C(C)=O)c(C(C)=O)c(C(C)=O)c1C2=O. The summed E-state index contributed by atoms with van der Waals surface area (Å²) in [7, 11) is 0. The molecule has 0 bridgehead atoms. The van der Waals surface area contributed by atoms with Gasteiger partial charge in [-0.25, -0.2) is 0 Å². The van der Waals surface area contributed by atoms with Crippen LogP contribution in [0.2, 0.25) is 0 Å². The molecule has 1 heterocycles. The van der Waals surface area contributed by atoms with E-state index in [0.29, 0.717) is 26.2 Å². The molecule has 1 aliphatic carbocycles. The number of fused-ring (bicyclic) bond motifs is 2. The zero-order valence-corrected chi connectivity index (χ0v) is 27.6.